The predicted molar refractivity (Wildman–Crippen MR) is 167 cm³/mol. The number of nitrogens with zero attached hydrogens (tertiary/aromatic N) is 4. The average Bonchev–Trinajstić information content (AvgIpc) is 3.24. The number of likely N-dealkylation sites (N-methyl/N-ethyl adjacent to an activating group) is 1. The molecule has 3 rings (SSSR count). The summed E-state index contributed by atoms with van der Waals surface area (Å²) in [5, 5.41) is 9.30. The summed E-state index contributed by atoms with van der Waals surface area (Å²) in [7, 11) is 6.11. The molecule has 0 aliphatic carbocycles. The number of hydrogen-bond donors (Lipinski definition) is 4. The fraction of sp³-hybridized carbons (Fsp3) is 0.621. The van der Waals surface area contributed by atoms with Gasteiger partial charge in [0.1, 0.15) is 16.0 Å². The fourth-order valence-corrected chi connectivity index (χ4v) is 6.25. The lowest BCUT2D eigenvalue weighted by Gasteiger charge is -2.32. The van der Waals surface area contributed by atoms with Crippen molar-refractivity contribution in [3.8, 4) is 0 Å². The number of anilines is 2. The van der Waals surface area contributed by atoms with E-state index in [-0.39, 0.29) is 28.8 Å². The highest BCUT2D eigenvalue weighted by molar-refractivity contribution is 8.04. The minimum Gasteiger partial charge on any atom is -0.392 e. The summed E-state index contributed by atoms with van der Waals surface area (Å²) < 4.78 is 0. The minimum atomic E-state index is -0.407. The van der Waals surface area contributed by atoms with E-state index < -0.39 is 5.25 Å². The first-order valence-electron chi connectivity index (χ1n) is 14.3. The molecule has 0 bridgehead atoms. The topological polar surface area (TPSA) is 126 Å². The van der Waals surface area contributed by atoms with Gasteiger partial charge in [0, 0.05) is 76.7 Å². The van der Waals surface area contributed by atoms with Gasteiger partial charge in [-0.05, 0) is 57.7 Å². The van der Waals surface area contributed by atoms with Gasteiger partial charge in [0.15, 0.2) is 0 Å². The molecule has 41 heavy (non-hydrogen) atoms. The summed E-state index contributed by atoms with van der Waals surface area (Å²) in [6.07, 6.45) is 0.462. The Kier molecular flexibility index (Phi) is 11.9. The molecule has 11 nitrogen and oxygen atoms in total. The molecule has 0 spiro atoms. The fourth-order valence-electron chi connectivity index (χ4n) is 5.02. The summed E-state index contributed by atoms with van der Waals surface area (Å²) in [6.45, 7) is 13.0. The molecule has 0 unspecified atom stereocenters. The maximum Gasteiger partial charge on any atom is 0.269 e. The Morgan fingerprint density at radius 2 is 1.73 bits per heavy atom. The first kappa shape index (κ1) is 32.7. The predicted octanol–water partition coefficient (Wildman–Crippen LogP) is 1.47. The molecule has 228 valence electrons. The molecule has 1 aromatic rings. The summed E-state index contributed by atoms with van der Waals surface area (Å²) in [5.74, 6) is -0.437. The van der Waals surface area contributed by atoms with Gasteiger partial charge in [-0.3, -0.25) is 14.4 Å². The van der Waals surface area contributed by atoms with Crippen molar-refractivity contribution in [1.29, 1.82) is 0 Å². The van der Waals surface area contributed by atoms with E-state index in [1.807, 2.05) is 45.3 Å². The monoisotopic (exact) mass is 588 g/mol. The molecule has 1 atom stereocenters. The lowest BCUT2D eigenvalue weighted by molar-refractivity contribution is -0.127. The van der Waals surface area contributed by atoms with Crippen molar-refractivity contribution in [3.63, 3.8) is 0 Å². The van der Waals surface area contributed by atoms with E-state index in [1.165, 1.54) is 11.8 Å². The lowest BCUT2D eigenvalue weighted by Crippen LogP contribution is -2.45. The number of carbonyl (C=O) groups excluding carboxylic acids is 3. The van der Waals surface area contributed by atoms with Gasteiger partial charge < -0.3 is 41.3 Å². The number of nitrogens with two attached hydrogens (primary N) is 1. The van der Waals surface area contributed by atoms with E-state index in [0.29, 0.717) is 31.1 Å². The Morgan fingerprint density at radius 1 is 1.10 bits per heavy atom. The summed E-state index contributed by atoms with van der Waals surface area (Å²) in [6, 6.07) is 7.46. The SMILES string of the molecule is CCN1C(=O)[C@@H](CNc2ccc(NC(=O)CCN3CCN(C)CC3)cc2)S/C1=C(/N)C(=O)NCC(C)(C)CN(C)C. The van der Waals surface area contributed by atoms with Crippen LogP contribution in [0, 0.1) is 5.41 Å². The second-order valence-corrected chi connectivity index (χ2v) is 13.1. The number of amides is 3. The van der Waals surface area contributed by atoms with E-state index in [9.17, 15) is 14.4 Å². The number of carbonyl (C=O) groups is 3. The van der Waals surface area contributed by atoms with Gasteiger partial charge in [0.25, 0.3) is 5.91 Å². The average molecular weight is 589 g/mol. The highest BCUT2D eigenvalue weighted by Gasteiger charge is 2.38. The minimum absolute atomic E-state index is 0.000508. The van der Waals surface area contributed by atoms with Gasteiger partial charge in [-0.25, -0.2) is 0 Å². The number of nitrogens with one attached hydrogen (secondary N) is 3. The van der Waals surface area contributed by atoms with Crippen LogP contribution in [0.25, 0.3) is 0 Å². The molecule has 2 heterocycles. The third-order valence-electron chi connectivity index (χ3n) is 7.21. The van der Waals surface area contributed by atoms with Crippen LogP contribution in [0.4, 0.5) is 11.4 Å². The van der Waals surface area contributed by atoms with E-state index in [0.717, 1.165) is 50.6 Å². The molecule has 5 N–H and O–H groups in total. The molecule has 2 saturated heterocycles. The number of benzene rings is 1. The van der Waals surface area contributed by atoms with Crippen molar-refractivity contribution < 1.29 is 14.4 Å². The van der Waals surface area contributed by atoms with Crippen LogP contribution in [0.15, 0.2) is 35.0 Å². The van der Waals surface area contributed by atoms with Crippen molar-refractivity contribution in [1.82, 2.24) is 24.9 Å². The zero-order valence-corrected chi connectivity index (χ0v) is 26.3. The summed E-state index contributed by atoms with van der Waals surface area (Å²) in [5.41, 5.74) is 7.78. The molecule has 0 radical (unpaired) electrons. The normalized spacial score (nSPS) is 19.9. The Balaban J connectivity index is 1.49. The van der Waals surface area contributed by atoms with Gasteiger partial charge in [-0.1, -0.05) is 25.6 Å². The van der Waals surface area contributed by atoms with Crippen LogP contribution < -0.4 is 21.7 Å². The van der Waals surface area contributed by atoms with Crippen LogP contribution in [0.3, 0.4) is 0 Å². The lowest BCUT2D eigenvalue weighted by atomic mass is 9.93. The largest absolute Gasteiger partial charge is 0.392 e. The number of piperazine rings is 1. The number of thioether (sulfide) groups is 1. The molecule has 2 aliphatic heterocycles. The van der Waals surface area contributed by atoms with Crippen LogP contribution in [0.5, 0.6) is 0 Å². The number of hydrogen-bond acceptors (Lipinski definition) is 9. The molecule has 12 heteroatoms. The zero-order valence-electron chi connectivity index (χ0n) is 25.5. The number of rotatable bonds is 13. The summed E-state index contributed by atoms with van der Waals surface area (Å²) in [4.78, 5) is 46.6. The first-order valence-corrected chi connectivity index (χ1v) is 15.2. The standard InChI is InChI=1S/C29H48N8O3S/c1-7-37-27(40)23(41-28(37)25(30)26(39)32-19-29(2,3)20-34(4)5)18-31-21-8-10-22(11-9-21)33-24(38)12-13-36-16-14-35(6)15-17-36/h8-11,23,31H,7,12-20,30H2,1-6H3,(H,32,39)(H,33,38)/b28-25+/t23-/m1/s1. The van der Waals surface area contributed by atoms with Crippen LogP contribution in [-0.4, -0.2) is 123 Å². The smallest absolute Gasteiger partial charge is 0.269 e. The molecule has 3 amide bonds. The quantitative estimate of drug-likeness (QED) is 0.254. The Hall–Kier alpha value is -2.80. The second kappa shape index (κ2) is 14.9. The Morgan fingerprint density at radius 3 is 2.34 bits per heavy atom. The third-order valence-corrected chi connectivity index (χ3v) is 8.53. The maximum atomic E-state index is 13.1. The molecular weight excluding hydrogens is 540 g/mol. The zero-order chi connectivity index (χ0) is 30.2. The van der Waals surface area contributed by atoms with Crippen molar-refractivity contribution in [2.45, 2.75) is 32.4 Å². The molecular formula is C29H48N8O3S. The van der Waals surface area contributed by atoms with Gasteiger partial charge in [0.2, 0.25) is 11.8 Å². The molecule has 2 aliphatic rings. The third kappa shape index (κ3) is 9.91. The van der Waals surface area contributed by atoms with Gasteiger partial charge in [-0.2, -0.15) is 0 Å². The van der Waals surface area contributed by atoms with E-state index in [1.54, 1.807) is 4.90 Å². The highest BCUT2D eigenvalue weighted by Crippen LogP contribution is 2.36. The van der Waals surface area contributed by atoms with Crippen molar-refractivity contribution >= 4 is 40.9 Å². The molecule has 2 fully saturated rings. The van der Waals surface area contributed by atoms with Crippen molar-refractivity contribution in [2.24, 2.45) is 11.1 Å². The molecule has 0 aromatic heterocycles. The molecule has 1 aromatic carbocycles. The first-order chi connectivity index (χ1) is 19.4. The van der Waals surface area contributed by atoms with Crippen LogP contribution >= 0.6 is 11.8 Å². The van der Waals surface area contributed by atoms with Crippen LogP contribution in [0.2, 0.25) is 0 Å². The van der Waals surface area contributed by atoms with Gasteiger partial charge in [-0.15, -0.1) is 0 Å². The van der Waals surface area contributed by atoms with Gasteiger partial charge >= 0.3 is 0 Å². The van der Waals surface area contributed by atoms with Gasteiger partial charge in [0.05, 0.1) is 0 Å². The Bertz CT molecular complexity index is 1080. The Labute approximate surface area is 249 Å². The molecule has 0 saturated carbocycles. The van der Waals surface area contributed by atoms with Crippen molar-refractivity contribution in [3.05, 3.63) is 35.0 Å². The van der Waals surface area contributed by atoms with Crippen molar-refractivity contribution in [2.75, 3.05) is 90.7 Å². The van der Waals surface area contributed by atoms with E-state index in [4.69, 9.17) is 5.73 Å². The maximum absolute atomic E-state index is 13.1. The van der Waals surface area contributed by atoms with E-state index >= 15 is 0 Å². The van der Waals surface area contributed by atoms with Crippen LogP contribution in [-0.2, 0) is 14.4 Å². The summed E-state index contributed by atoms with van der Waals surface area (Å²) >= 11 is 1.32. The highest BCUT2D eigenvalue weighted by atomic mass is 32.2. The second-order valence-electron chi connectivity index (χ2n) is 11.9. The van der Waals surface area contributed by atoms with Crippen LogP contribution in [0.1, 0.15) is 27.2 Å². The van der Waals surface area contributed by atoms with E-state index in [2.05, 4.69) is 51.5 Å².